The van der Waals surface area contributed by atoms with Gasteiger partial charge in [0.1, 0.15) is 0 Å². The summed E-state index contributed by atoms with van der Waals surface area (Å²) in [4.78, 5) is 6.12. The molecule has 1 aliphatic rings. The van der Waals surface area contributed by atoms with Crippen molar-refractivity contribution in [2.45, 2.75) is 25.4 Å². The van der Waals surface area contributed by atoms with E-state index in [1.54, 1.807) is 6.07 Å². The number of halogens is 3. The third kappa shape index (κ3) is 2.32. The topological polar surface area (TPSA) is 16.1 Å². The maximum absolute atomic E-state index is 13.0. The molecule has 0 bridgehead atoms. The van der Waals surface area contributed by atoms with Crippen LogP contribution in [0.25, 0.3) is 10.9 Å². The van der Waals surface area contributed by atoms with Crippen molar-refractivity contribution in [2.75, 3.05) is 18.0 Å². The highest BCUT2D eigenvalue weighted by atomic mass is 19.4. The van der Waals surface area contributed by atoms with E-state index in [9.17, 15) is 13.2 Å². The largest absolute Gasteiger partial charge is 0.418 e. The van der Waals surface area contributed by atoms with Crippen molar-refractivity contribution in [1.29, 1.82) is 0 Å². The fraction of sp³-hybridized carbons (Fsp3) is 0.400. The predicted molar refractivity (Wildman–Crippen MR) is 72.8 cm³/mol. The van der Waals surface area contributed by atoms with Crippen molar-refractivity contribution in [2.24, 2.45) is 0 Å². The van der Waals surface area contributed by atoms with E-state index in [1.165, 1.54) is 18.7 Å². The van der Waals surface area contributed by atoms with Crippen LogP contribution in [0, 0.1) is 0 Å². The maximum Gasteiger partial charge on any atom is 0.418 e. The molecule has 1 aromatic heterocycles. The lowest BCUT2D eigenvalue weighted by atomic mass is 10.1. The van der Waals surface area contributed by atoms with Crippen molar-refractivity contribution in [3.05, 3.63) is 36.0 Å². The summed E-state index contributed by atoms with van der Waals surface area (Å²) in [5.41, 5.74) is 0.248. The van der Waals surface area contributed by atoms with Crippen molar-refractivity contribution < 1.29 is 13.2 Å². The Labute approximate surface area is 115 Å². The van der Waals surface area contributed by atoms with Crippen LogP contribution in [0.2, 0.25) is 0 Å². The van der Waals surface area contributed by atoms with Gasteiger partial charge in [-0.15, -0.1) is 0 Å². The van der Waals surface area contributed by atoms with Crippen LogP contribution in [0.15, 0.2) is 30.5 Å². The minimum Gasteiger partial charge on any atom is -0.371 e. The first-order valence-corrected chi connectivity index (χ1v) is 6.77. The first-order valence-electron chi connectivity index (χ1n) is 6.77. The number of fused-ring (bicyclic) bond motifs is 1. The summed E-state index contributed by atoms with van der Waals surface area (Å²) < 4.78 is 39.1. The van der Waals surface area contributed by atoms with E-state index in [0.717, 1.165) is 37.7 Å². The summed E-state index contributed by atoms with van der Waals surface area (Å²) >= 11 is 0. The third-order valence-corrected chi connectivity index (χ3v) is 3.75. The number of benzene rings is 1. The van der Waals surface area contributed by atoms with Crippen LogP contribution < -0.4 is 4.90 Å². The summed E-state index contributed by atoms with van der Waals surface area (Å²) in [6, 6.07) is 6.09. The molecular formula is C15H15F3N2. The van der Waals surface area contributed by atoms with E-state index in [4.69, 9.17) is 0 Å². The van der Waals surface area contributed by atoms with Gasteiger partial charge < -0.3 is 4.90 Å². The molecule has 1 saturated heterocycles. The Bertz CT molecular complexity index is 616. The van der Waals surface area contributed by atoms with E-state index in [2.05, 4.69) is 9.88 Å². The number of hydrogen-bond donors (Lipinski definition) is 0. The van der Waals surface area contributed by atoms with E-state index < -0.39 is 11.7 Å². The molecule has 0 spiro atoms. The molecule has 0 N–H and O–H groups in total. The van der Waals surface area contributed by atoms with Crippen molar-refractivity contribution in [3.8, 4) is 0 Å². The number of aromatic nitrogens is 1. The smallest absolute Gasteiger partial charge is 0.371 e. The quantitative estimate of drug-likeness (QED) is 0.776. The molecule has 106 valence electrons. The lowest BCUT2D eigenvalue weighted by Gasteiger charge is -2.29. The van der Waals surface area contributed by atoms with Gasteiger partial charge in [0, 0.05) is 30.4 Å². The van der Waals surface area contributed by atoms with Gasteiger partial charge in [0.25, 0.3) is 0 Å². The Morgan fingerprint density at radius 3 is 2.45 bits per heavy atom. The van der Waals surface area contributed by atoms with E-state index in [1.807, 2.05) is 6.07 Å². The molecule has 0 atom stereocenters. The SMILES string of the molecule is FC(F)(F)c1cccc2c(N3CCCCC3)ccnc12. The number of piperidine rings is 1. The van der Waals surface area contributed by atoms with Gasteiger partial charge in [-0.2, -0.15) is 13.2 Å². The molecule has 3 rings (SSSR count). The number of anilines is 1. The van der Waals surface area contributed by atoms with Gasteiger partial charge in [-0.25, -0.2) is 0 Å². The molecule has 0 aliphatic carbocycles. The minimum atomic E-state index is -4.37. The number of hydrogen-bond acceptors (Lipinski definition) is 2. The van der Waals surface area contributed by atoms with Crippen LogP contribution in [0.4, 0.5) is 18.9 Å². The second-order valence-corrected chi connectivity index (χ2v) is 5.08. The Morgan fingerprint density at radius 1 is 1.00 bits per heavy atom. The van der Waals surface area contributed by atoms with Gasteiger partial charge in [-0.3, -0.25) is 4.98 Å². The highest BCUT2D eigenvalue weighted by Gasteiger charge is 2.33. The van der Waals surface area contributed by atoms with Crippen LogP contribution in [0.5, 0.6) is 0 Å². The van der Waals surface area contributed by atoms with Crippen LogP contribution in [0.1, 0.15) is 24.8 Å². The Balaban J connectivity index is 2.15. The maximum atomic E-state index is 13.0. The zero-order valence-electron chi connectivity index (χ0n) is 11.0. The molecule has 0 saturated carbocycles. The van der Waals surface area contributed by atoms with Gasteiger partial charge in [-0.1, -0.05) is 12.1 Å². The number of rotatable bonds is 1. The van der Waals surface area contributed by atoms with Crippen LogP contribution in [-0.2, 0) is 6.18 Å². The van der Waals surface area contributed by atoms with Gasteiger partial charge >= 0.3 is 6.18 Å². The fourth-order valence-electron chi connectivity index (χ4n) is 2.80. The normalized spacial score (nSPS) is 16.6. The molecule has 0 amide bonds. The minimum absolute atomic E-state index is 0.0445. The van der Waals surface area contributed by atoms with Crippen LogP contribution in [0.3, 0.4) is 0 Å². The van der Waals surface area contributed by atoms with Gasteiger partial charge in [0.05, 0.1) is 11.1 Å². The van der Waals surface area contributed by atoms with E-state index in [0.29, 0.717) is 5.39 Å². The van der Waals surface area contributed by atoms with Gasteiger partial charge in [0.15, 0.2) is 0 Å². The Morgan fingerprint density at radius 2 is 1.75 bits per heavy atom. The van der Waals surface area contributed by atoms with Crippen LogP contribution in [-0.4, -0.2) is 18.1 Å². The molecule has 2 heterocycles. The average Bonchev–Trinajstić information content (AvgIpc) is 2.46. The van der Waals surface area contributed by atoms with E-state index >= 15 is 0 Å². The van der Waals surface area contributed by atoms with Crippen molar-refractivity contribution in [3.63, 3.8) is 0 Å². The second kappa shape index (κ2) is 4.96. The summed E-state index contributed by atoms with van der Waals surface area (Å²) in [6.07, 6.45) is 0.466. The monoisotopic (exact) mass is 280 g/mol. The second-order valence-electron chi connectivity index (χ2n) is 5.08. The molecule has 2 nitrogen and oxygen atoms in total. The summed E-state index contributed by atoms with van der Waals surface area (Å²) in [6.45, 7) is 1.80. The molecule has 5 heteroatoms. The molecule has 2 aromatic rings. The van der Waals surface area contributed by atoms with Gasteiger partial charge in [0.2, 0.25) is 0 Å². The zero-order valence-corrected chi connectivity index (χ0v) is 11.0. The third-order valence-electron chi connectivity index (χ3n) is 3.75. The first-order chi connectivity index (χ1) is 9.57. The summed E-state index contributed by atoms with van der Waals surface area (Å²) in [7, 11) is 0. The van der Waals surface area contributed by atoms with Crippen molar-refractivity contribution in [1.82, 2.24) is 4.98 Å². The first kappa shape index (κ1) is 13.2. The molecule has 20 heavy (non-hydrogen) atoms. The number of para-hydroxylation sites is 1. The molecule has 1 aromatic carbocycles. The number of nitrogens with zero attached hydrogens (tertiary/aromatic N) is 2. The average molecular weight is 280 g/mol. The molecule has 0 unspecified atom stereocenters. The Kier molecular flexibility index (Phi) is 3.28. The lowest BCUT2D eigenvalue weighted by molar-refractivity contribution is -0.136. The molecular weight excluding hydrogens is 265 g/mol. The highest BCUT2D eigenvalue weighted by Crippen LogP contribution is 2.36. The van der Waals surface area contributed by atoms with Crippen LogP contribution >= 0.6 is 0 Å². The molecule has 1 aliphatic heterocycles. The molecule has 0 radical (unpaired) electrons. The van der Waals surface area contributed by atoms with Crippen molar-refractivity contribution >= 4 is 16.6 Å². The highest BCUT2D eigenvalue weighted by molar-refractivity contribution is 5.93. The van der Waals surface area contributed by atoms with Gasteiger partial charge in [-0.05, 0) is 31.4 Å². The number of pyridine rings is 1. The standard InChI is InChI=1S/C15H15F3N2/c16-15(17,18)12-6-4-5-11-13(7-8-19-14(11)12)20-9-2-1-3-10-20/h4-8H,1-3,9-10H2. The fourth-order valence-corrected chi connectivity index (χ4v) is 2.80. The number of alkyl halides is 3. The zero-order chi connectivity index (χ0) is 14.2. The lowest BCUT2D eigenvalue weighted by Crippen LogP contribution is -2.29. The Hall–Kier alpha value is -1.78. The predicted octanol–water partition coefficient (Wildman–Crippen LogP) is 4.24. The molecule has 1 fully saturated rings. The summed E-state index contributed by atoms with van der Waals surface area (Å²) in [5, 5.41) is 0.587. The van der Waals surface area contributed by atoms with E-state index in [-0.39, 0.29) is 5.52 Å². The summed E-state index contributed by atoms with van der Waals surface area (Å²) in [5.74, 6) is 0.